The van der Waals surface area contributed by atoms with Crippen LogP contribution in [-0.4, -0.2) is 37.1 Å². The van der Waals surface area contributed by atoms with Crippen molar-refractivity contribution in [2.24, 2.45) is 0 Å². The number of hydrogen-bond acceptors (Lipinski definition) is 5. The van der Waals surface area contributed by atoms with E-state index in [0.29, 0.717) is 36.6 Å². The summed E-state index contributed by atoms with van der Waals surface area (Å²) >= 11 is 0. The van der Waals surface area contributed by atoms with Gasteiger partial charge in [0.15, 0.2) is 0 Å². The normalized spacial score (nSPS) is 17.3. The molecule has 3 N–H and O–H groups in total. The lowest BCUT2D eigenvalue weighted by Gasteiger charge is -2.43. The van der Waals surface area contributed by atoms with Crippen molar-refractivity contribution < 1.29 is 14.3 Å². The number of hydrogen-bond donors (Lipinski definition) is 2. The number of anilines is 2. The number of piperazine rings is 1. The molecule has 0 aliphatic carbocycles. The lowest BCUT2D eigenvalue weighted by atomic mass is 9.97. The number of rotatable bonds is 3. The molecule has 1 aromatic carbocycles. The summed E-state index contributed by atoms with van der Waals surface area (Å²) in [6.45, 7) is 6.88. The number of nitrogens with zero attached hydrogens (tertiary/aromatic N) is 1. The minimum absolute atomic E-state index is 0.0605. The highest BCUT2D eigenvalue weighted by atomic mass is 16.5. The number of carbonyl (C=O) groups excluding carboxylic acids is 2. The first kappa shape index (κ1) is 15.2. The van der Waals surface area contributed by atoms with Gasteiger partial charge in [0, 0.05) is 13.1 Å². The minimum Gasteiger partial charge on any atom is -0.462 e. The third-order valence-corrected chi connectivity index (χ3v) is 3.72. The van der Waals surface area contributed by atoms with E-state index in [9.17, 15) is 9.59 Å². The molecule has 1 aliphatic rings. The summed E-state index contributed by atoms with van der Waals surface area (Å²) in [5.41, 5.74) is 6.77. The number of ether oxygens (including phenoxy) is 1. The van der Waals surface area contributed by atoms with Crippen LogP contribution in [0.15, 0.2) is 18.2 Å². The Morgan fingerprint density at radius 1 is 1.48 bits per heavy atom. The molecule has 1 aliphatic heterocycles. The first-order chi connectivity index (χ1) is 9.89. The van der Waals surface area contributed by atoms with Gasteiger partial charge in [-0.1, -0.05) is 6.07 Å². The maximum absolute atomic E-state index is 12.0. The van der Waals surface area contributed by atoms with Gasteiger partial charge in [0.2, 0.25) is 5.91 Å². The van der Waals surface area contributed by atoms with Crippen molar-refractivity contribution in [3.8, 4) is 0 Å². The van der Waals surface area contributed by atoms with E-state index in [-0.39, 0.29) is 5.91 Å². The van der Waals surface area contributed by atoms with Crippen LogP contribution in [0.2, 0.25) is 0 Å². The molecule has 2 rings (SSSR count). The second-order valence-electron chi connectivity index (χ2n) is 5.43. The Balaban J connectivity index is 2.43. The van der Waals surface area contributed by atoms with E-state index in [2.05, 4.69) is 5.32 Å². The summed E-state index contributed by atoms with van der Waals surface area (Å²) in [4.78, 5) is 25.9. The Morgan fingerprint density at radius 3 is 2.86 bits per heavy atom. The molecule has 1 saturated heterocycles. The van der Waals surface area contributed by atoms with Gasteiger partial charge in [0.05, 0.1) is 23.5 Å². The number of nitrogens with one attached hydrogen (secondary N) is 1. The van der Waals surface area contributed by atoms with Gasteiger partial charge in [0.25, 0.3) is 0 Å². The fourth-order valence-electron chi connectivity index (χ4n) is 2.50. The summed E-state index contributed by atoms with van der Waals surface area (Å²) in [6, 6.07) is 5.20. The van der Waals surface area contributed by atoms with Gasteiger partial charge in [-0.05, 0) is 32.9 Å². The largest absolute Gasteiger partial charge is 0.462 e. The predicted octanol–water partition coefficient (Wildman–Crippen LogP) is 1.16. The first-order valence-electron chi connectivity index (χ1n) is 7.01. The van der Waals surface area contributed by atoms with E-state index >= 15 is 0 Å². The topological polar surface area (TPSA) is 84.7 Å². The second-order valence-corrected chi connectivity index (χ2v) is 5.43. The van der Waals surface area contributed by atoms with Crippen LogP contribution in [0, 0.1) is 0 Å². The van der Waals surface area contributed by atoms with Crippen molar-refractivity contribution >= 4 is 23.3 Å². The van der Waals surface area contributed by atoms with Crippen LogP contribution in [0.5, 0.6) is 0 Å². The molecular weight excluding hydrogens is 270 g/mol. The number of esters is 1. The van der Waals surface area contributed by atoms with E-state index < -0.39 is 11.5 Å². The molecule has 21 heavy (non-hydrogen) atoms. The highest BCUT2D eigenvalue weighted by molar-refractivity contribution is 6.00. The standard InChI is InChI=1S/C15H21N3O3/c1-4-21-13(19)10-6-5-7-11(12(10)16)18-9-8-17-14(20)15(18,2)3/h5-7H,4,8-9,16H2,1-3H3,(H,17,20). The summed E-state index contributed by atoms with van der Waals surface area (Å²) in [7, 11) is 0. The molecule has 0 saturated carbocycles. The van der Waals surface area contributed by atoms with Crippen molar-refractivity contribution in [3.63, 3.8) is 0 Å². The average Bonchev–Trinajstić information content (AvgIpc) is 2.43. The molecule has 0 bridgehead atoms. The molecule has 1 heterocycles. The summed E-state index contributed by atoms with van der Waals surface area (Å²) in [5, 5.41) is 2.84. The van der Waals surface area contributed by atoms with Crippen molar-refractivity contribution in [2.75, 3.05) is 30.3 Å². The Morgan fingerprint density at radius 2 is 2.19 bits per heavy atom. The Labute approximate surface area is 124 Å². The van der Waals surface area contributed by atoms with E-state index in [0.717, 1.165) is 0 Å². The number of nitrogens with two attached hydrogens (primary N) is 1. The monoisotopic (exact) mass is 291 g/mol. The Hall–Kier alpha value is -2.24. The maximum Gasteiger partial charge on any atom is 0.340 e. The minimum atomic E-state index is -0.723. The van der Waals surface area contributed by atoms with Crippen LogP contribution in [-0.2, 0) is 9.53 Å². The number of nitrogen functional groups attached to an aromatic ring is 1. The Bertz CT molecular complexity index is 569. The third kappa shape index (κ3) is 2.66. The smallest absolute Gasteiger partial charge is 0.340 e. The molecule has 0 spiro atoms. The zero-order chi connectivity index (χ0) is 15.6. The summed E-state index contributed by atoms with van der Waals surface area (Å²) in [5.74, 6) is -0.509. The summed E-state index contributed by atoms with van der Waals surface area (Å²) < 4.78 is 5.01. The van der Waals surface area contributed by atoms with Gasteiger partial charge in [-0.15, -0.1) is 0 Å². The fourth-order valence-corrected chi connectivity index (χ4v) is 2.50. The number of para-hydroxylation sites is 1. The van der Waals surface area contributed by atoms with Crippen LogP contribution in [0.3, 0.4) is 0 Å². The molecule has 6 heteroatoms. The van der Waals surface area contributed by atoms with Crippen molar-refractivity contribution in [1.29, 1.82) is 0 Å². The lowest BCUT2D eigenvalue weighted by Crippen LogP contribution is -2.62. The van der Waals surface area contributed by atoms with Crippen LogP contribution < -0.4 is 16.0 Å². The number of amides is 1. The Kier molecular flexibility index (Phi) is 4.06. The third-order valence-electron chi connectivity index (χ3n) is 3.72. The molecule has 0 atom stereocenters. The molecule has 0 unspecified atom stereocenters. The van der Waals surface area contributed by atoms with Crippen LogP contribution in [0.1, 0.15) is 31.1 Å². The van der Waals surface area contributed by atoms with Gasteiger partial charge in [-0.3, -0.25) is 4.79 Å². The molecular formula is C15H21N3O3. The molecule has 1 aromatic rings. The summed E-state index contributed by atoms with van der Waals surface area (Å²) in [6.07, 6.45) is 0. The van der Waals surface area contributed by atoms with Gasteiger partial charge < -0.3 is 20.7 Å². The van der Waals surface area contributed by atoms with Gasteiger partial charge >= 0.3 is 5.97 Å². The number of carbonyl (C=O) groups is 2. The molecule has 114 valence electrons. The van der Waals surface area contributed by atoms with Crippen LogP contribution in [0.25, 0.3) is 0 Å². The lowest BCUT2D eigenvalue weighted by molar-refractivity contribution is -0.126. The second kappa shape index (κ2) is 5.63. The van der Waals surface area contributed by atoms with E-state index in [4.69, 9.17) is 10.5 Å². The van der Waals surface area contributed by atoms with Gasteiger partial charge in [-0.2, -0.15) is 0 Å². The predicted molar refractivity (Wildman–Crippen MR) is 81.2 cm³/mol. The van der Waals surface area contributed by atoms with Crippen LogP contribution in [0.4, 0.5) is 11.4 Å². The van der Waals surface area contributed by atoms with E-state index in [1.165, 1.54) is 0 Å². The fraction of sp³-hybridized carbons (Fsp3) is 0.467. The molecule has 6 nitrogen and oxygen atoms in total. The zero-order valence-corrected chi connectivity index (χ0v) is 12.6. The van der Waals surface area contributed by atoms with Crippen molar-refractivity contribution in [3.05, 3.63) is 23.8 Å². The highest BCUT2D eigenvalue weighted by Crippen LogP contribution is 2.33. The van der Waals surface area contributed by atoms with Gasteiger partial charge in [-0.25, -0.2) is 4.79 Å². The van der Waals surface area contributed by atoms with E-state index in [1.807, 2.05) is 24.8 Å². The molecule has 0 radical (unpaired) electrons. The SMILES string of the molecule is CCOC(=O)c1cccc(N2CCNC(=O)C2(C)C)c1N. The molecule has 0 aromatic heterocycles. The maximum atomic E-state index is 12.0. The van der Waals surface area contributed by atoms with Crippen LogP contribution >= 0.6 is 0 Å². The van der Waals surface area contributed by atoms with Crippen molar-refractivity contribution in [2.45, 2.75) is 26.3 Å². The number of benzene rings is 1. The van der Waals surface area contributed by atoms with Gasteiger partial charge in [0.1, 0.15) is 5.54 Å². The highest BCUT2D eigenvalue weighted by Gasteiger charge is 2.38. The van der Waals surface area contributed by atoms with Crippen molar-refractivity contribution in [1.82, 2.24) is 5.32 Å². The van der Waals surface area contributed by atoms with E-state index in [1.54, 1.807) is 19.1 Å². The first-order valence-corrected chi connectivity index (χ1v) is 7.01. The zero-order valence-electron chi connectivity index (χ0n) is 12.6. The average molecular weight is 291 g/mol. The quantitative estimate of drug-likeness (QED) is 0.645. The molecule has 1 fully saturated rings. The molecule has 1 amide bonds.